The third kappa shape index (κ3) is 2.64. The highest BCUT2D eigenvalue weighted by Crippen LogP contribution is 2.22. The molecule has 0 fully saturated rings. The zero-order valence-electron chi connectivity index (χ0n) is 12.5. The lowest BCUT2D eigenvalue weighted by atomic mass is 10.2. The Hall–Kier alpha value is -3.20. The van der Waals surface area contributed by atoms with E-state index < -0.39 is 11.8 Å². The molecule has 114 valence electrons. The molecule has 0 amide bonds. The number of hydrogen-bond donors (Lipinski definition) is 0. The number of ether oxygens (including phenoxy) is 1. The van der Waals surface area contributed by atoms with Crippen LogP contribution in [0.2, 0.25) is 0 Å². The van der Waals surface area contributed by atoms with Crippen LogP contribution in [0.25, 0.3) is 6.08 Å². The summed E-state index contributed by atoms with van der Waals surface area (Å²) in [6, 6.07) is 9.42. The molecule has 1 aliphatic rings. The molecule has 1 aromatic carbocycles. The van der Waals surface area contributed by atoms with E-state index in [1.54, 1.807) is 29.8 Å². The van der Waals surface area contributed by atoms with Gasteiger partial charge in [0.05, 0.1) is 0 Å². The largest absolute Gasteiger partial charge is 0.402 e. The van der Waals surface area contributed by atoms with Gasteiger partial charge in [-0.25, -0.2) is 14.2 Å². The third-order valence-electron chi connectivity index (χ3n) is 3.67. The fourth-order valence-corrected chi connectivity index (χ4v) is 2.28. The lowest BCUT2D eigenvalue weighted by Crippen LogP contribution is -2.05. The second-order valence-electron chi connectivity index (χ2n) is 5.09. The molecule has 0 radical (unpaired) electrons. The number of aliphatic imine (C=N–C) groups is 1. The van der Waals surface area contributed by atoms with Gasteiger partial charge in [0.2, 0.25) is 5.90 Å². The number of esters is 1. The van der Waals surface area contributed by atoms with Crippen molar-refractivity contribution < 1.29 is 13.9 Å². The number of benzene rings is 1. The van der Waals surface area contributed by atoms with Crippen LogP contribution in [0.3, 0.4) is 0 Å². The van der Waals surface area contributed by atoms with Gasteiger partial charge in [0, 0.05) is 18.3 Å². The van der Waals surface area contributed by atoms with Crippen molar-refractivity contribution in [1.29, 1.82) is 5.26 Å². The second kappa shape index (κ2) is 5.54. The number of carbonyl (C=O) groups excluding carboxylic acids is 1. The summed E-state index contributed by atoms with van der Waals surface area (Å²) in [6.45, 7) is 1.84. The Kier molecular flexibility index (Phi) is 3.54. The number of cyclic esters (lactones) is 1. The maximum atomic E-state index is 13.3. The Bertz CT molecular complexity index is 916. The monoisotopic (exact) mass is 309 g/mol. The summed E-state index contributed by atoms with van der Waals surface area (Å²) in [7, 11) is 1.77. The number of nitrogens with zero attached hydrogens (tertiary/aromatic N) is 3. The first-order valence-corrected chi connectivity index (χ1v) is 6.84. The standard InChI is InChI=1S/C17H12FN3O2/c1-10-12(7-14(9-19)21(10)2)8-15-17(22)23-16(20-15)11-4-3-5-13(18)6-11/h3-8H,1-2H3/b15-8+. The first kappa shape index (κ1) is 14.7. The summed E-state index contributed by atoms with van der Waals surface area (Å²) >= 11 is 0. The third-order valence-corrected chi connectivity index (χ3v) is 3.67. The van der Waals surface area contributed by atoms with E-state index >= 15 is 0 Å². The molecule has 1 aliphatic heterocycles. The maximum Gasteiger partial charge on any atom is 0.363 e. The van der Waals surface area contributed by atoms with Crippen LogP contribution in [-0.2, 0) is 16.6 Å². The van der Waals surface area contributed by atoms with Crippen LogP contribution < -0.4 is 0 Å². The number of hydrogen-bond acceptors (Lipinski definition) is 4. The van der Waals surface area contributed by atoms with E-state index in [1.807, 2.05) is 6.92 Å². The maximum absolute atomic E-state index is 13.3. The van der Waals surface area contributed by atoms with Gasteiger partial charge in [-0.15, -0.1) is 0 Å². The van der Waals surface area contributed by atoms with E-state index in [9.17, 15) is 9.18 Å². The van der Waals surface area contributed by atoms with Crippen LogP contribution in [0.5, 0.6) is 0 Å². The van der Waals surface area contributed by atoms with Crippen molar-refractivity contribution in [3.63, 3.8) is 0 Å². The highest BCUT2D eigenvalue weighted by molar-refractivity contribution is 6.12. The lowest BCUT2D eigenvalue weighted by molar-refractivity contribution is -0.129. The summed E-state index contributed by atoms with van der Waals surface area (Å²) in [6.07, 6.45) is 1.56. The molecule has 2 heterocycles. The summed E-state index contributed by atoms with van der Waals surface area (Å²) in [4.78, 5) is 16.1. The molecular formula is C17H12FN3O2. The lowest BCUT2D eigenvalue weighted by Gasteiger charge is -1.98. The zero-order chi connectivity index (χ0) is 16.6. The molecule has 0 atom stereocenters. The average Bonchev–Trinajstić information content (AvgIpc) is 3.03. The number of aromatic nitrogens is 1. The molecule has 0 saturated carbocycles. The SMILES string of the molecule is Cc1c(/C=C2/N=C(c3cccc(F)c3)OC2=O)cc(C#N)n1C. The van der Waals surface area contributed by atoms with Crippen LogP contribution >= 0.6 is 0 Å². The molecule has 0 unspecified atom stereocenters. The minimum atomic E-state index is -0.606. The topological polar surface area (TPSA) is 67.4 Å². The highest BCUT2D eigenvalue weighted by Gasteiger charge is 2.25. The van der Waals surface area contributed by atoms with Gasteiger partial charge in [-0.05, 0) is 42.8 Å². The highest BCUT2D eigenvalue weighted by atomic mass is 19.1. The van der Waals surface area contributed by atoms with Gasteiger partial charge < -0.3 is 9.30 Å². The Morgan fingerprint density at radius 1 is 1.39 bits per heavy atom. The zero-order valence-corrected chi connectivity index (χ0v) is 12.5. The Morgan fingerprint density at radius 3 is 2.83 bits per heavy atom. The number of nitriles is 1. The molecule has 2 aromatic rings. The molecule has 6 heteroatoms. The minimum Gasteiger partial charge on any atom is -0.402 e. The fraction of sp³-hybridized carbons (Fsp3) is 0.118. The molecule has 5 nitrogen and oxygen atoms in total. The van der Waals surface area contributed by atoms with Crippen molar-refractivity contribution in [2.45, 2.75) is 6.92 Å². The van der Waals surface area contributed by atoms with Crippen LogP contribution in [0.1, 0.15) is 22.5 Å². The van der Waals surface area contributed by atoms with Crippen molar-refractivity contribution in [3.8, 4) is 6.07 Å². The predicted molar refractivity (Wildman–Crippen MR) is 81.9 cm³/mol. The summed E-state index contributed by atoms with van der Waals surface area (Å²) in [5.41, 5.74) is 2.53. The van der Waals surface area contributed by atoms with E-state index in [0.717, 1.165) is 5.69 Å². The van der Waals surface area contributed by atoms with E-state index in [-0.39, 0.29) is 11.6 Å². The number of carbonyl (C=O) groups is 1. The van der Waals surface area contributed by atoms with Gasteiger partial charge in [0.1, 0.15) is 17.6 Å². The molecule has 3 rings (SSSR count). The van der Waals surface area contributed by atoms with Crippen LogP contribution in [0, 0.1) is 24.1 Å². The normalized spacial score (nSPS) is 15.5. The Labute approximate surface area is 131 Å². The van der Waals surface area contributed by atoms with E-state index in [2.05, 4.69) is 11.1 Å². The van der Waals surface area contributed by atoms with Crippen LogP contribution in [0.4, 0.5) is 4.39 Å². The predicted octanol–water partition coefficient (Wildman–Crippen LogP) is 2.69. The van der Waals surface area contributed by atoms with Gasteiger partial charge in [-0.3, -0.25) is 0 Å². The van der Waals surface area contributed by atoms with Gasteiger partial charge >= 0.3 is 5.97 Å². The quantitative estimate of drug-likeness (QED) is 0.632. The van der Waals surface area contributed by atoms with Gasteiger partial charge in [0.15, 0.2) is 5.70 Å². The van der Waals surface area contributed by atoms with Gasteiger partial charge in [0.25, 0.3) is 0 Å². The van der Waals surface area contributed by atoms with Gasteiger partial charge in [-0.1, -0.05) is 6.07 Å². The number of halogens is 1. The fourth-order valence-electron chi connectivity index (χ4n) is 2.28. The average molecular weight is 309 g/mol. The van der Waals surface area contributed by atoms with E-state index in [1.165, 1.54) is 18.2 Å². The summed E-state index contributed by atoms with van der Waals surface area (Å²) in [5.74, 6) is -0.975. The minimum absolute atomic E-state index is 0.0647. The summed E-state index contributed by atoms with van der Waals surface area (Å²) < 4.78 is 20.1. The van der Waals surface area contributed by atoms with Gasteiger partial charge in [-0.2, -0.15) is 5.26 Å². The van der Waals surface area contributed by atoms with Crippen molar-refractivity contribution in [2.24, 2.45) is 12.0 Å². The number of rotatable bonds is 2. The molecule has 0 N–H and O–H groups in total. The second-order valence-corrected chi connectivity index (χ2v) is 5.09. The van der Waals surface area contributed by atoms with Crippen molar-refractivity contribution >= 4 is 17.9 Å². The molecule has 0 spiro atoms. The van der Waals surface area contributed by atoms with Crippen LogP contribution in [0.15, 0.2) is 41.0 Å². The Morgan fingerprint density at radius 2 is 2.17 bits per heavy atom. The van der Waals surface area contributed by atoms with Crippen LogP contribution in [-0.4, -0.2) is 16.4 Å². The smallest absolute Gasteiger partial charge is 0.363 e. The molecule has 23 heavy (non-hydrogen) atoms. The first-order chi connectivity index (χ1) is 11.0. The van der Waals surface area contributed by atoms with Crippen molar-refractivity contribution in [3.05, 3.63) is 64.4 Å². The Balaban J connectivity index is 2.00. The molecule has 1 aromatic heterocycles. The van der Waals surface area contributed by atoms with E-state index in [4.69, 9.17) is 10.00 Å². The molecule has 0 saturated heterocycles. The van der Waals surface area contributed by atoms with Crippen molar-refractivity contribution in [1.82, 2.24) is 4.57 Å². The molecule has 0 aliphatic carbocycles. The molecular weight excluding hydrogens is 297 g/mol. The summed E-state index contributed by atoms with van der Waals surface area (Å²) in [5, 5.41) is 9.04. The molecule has 0 bridgehead atoms. The first-order valence-electron chi connectivity index (χ1n) is 6.84. The van der Waals surface area contributed by atoms with E-state index in [0.29, 0.717) is 16.8 Å². The van der Waals surface area contributed by atoms with Crippen molar-refractivity contribution in [2.75, 3.05) is 0 Å².